The molecule has 0 heterocycles. The lowest BCUT2D eigenvalue weighted by Crippen LogP contribution is -2.15. The first-order valence-corrected chi connectivity index (χ1v) is 6.80. The summed E-state index contributed by atoms with van der Waals surface area (Å²) in [6.07, 6.45) is 10.6. The van der Waals surface area contributed by atoms with Crippen LogP contribution in [0.2, 0.25) is 0 Å². The lowest BCUT2D eigenvalue weighted by atomic mass is 9.95. The van der Waals surface area contributed by atoms with Gasteiger partial charge in [0.05, 0.1) is 0 Å². The average molecular weight is 247 g/mol. The highest BCUT2D eigenvalue weighted by atomic mass is 14.6. The molecule has 1 nitrogen and oxygen atoms in total. The summed E-state index contributed by atoms with van der Waals surface area (Å²) < 4.78 is 0. The topological polar surface area (TPSA) is 26.0 Å². The van der Waals surface area contributed by atoms with Crippen LogP contribution in [0.15, 0.2) is 47.6 Å². The van der Waals surface area contributed by atoms with Crippen LogP contribution in [-0.4, -0.2) is 6.04 Å². The van der Waals surface area contributed by atoms with Crippen LogP contribution in [0.4, 0.5) is 0 Å². The van der Waals surface area contributed by atoms with Gasteiger partial charge in [-0.3, -0.25) is 0 Å². The van der Waals surface area contributed by atoms with Gasteiger partial charge in [-0.15, -0.1) is 0 Å². The molecule has 102 valence electrons. The molecule has 0 bridgehead atoms. The molecule has 2 N–H and O–H groups in total. The van der Waals surface area contributed by atoms with E-state index in [1.165, 1.54) is 11.1 Å². The summed E-state index contributed by atoms with van der Waals surface area (Å²) >= 11 is 0. The quantitative estimate of drug-likeness (QED) is 0.644. The first-order valence-electron chi connectivity index (χ1n) is 6.80. The largest absolute Gasteiger partial charge is 0.328 e. The Labute approximate surface area is 113 Å². The number of nitrogens with two attached hydrogens (primary N) is 1. The third-order valence-electron chi connectivity index (χ3n) is 2.60. The van der Waals surface area contributed by atoms with Crippen molar-refractivity contribution in [1.82, 2.24) is 0 Å². The minimum Gasteiger partial charge on any atom is -0.328 e. The SMILES string of the molecule is C=C(C)\C(=C/C(=C\C=C\C)CC(C)C)CC(C)N. The molecule has 0 rings (SSSR count). The molecule has 0 aliphatic rings. The van der Waals surface area contributed by atoms with Crippen LogP contribution < -0.4 is 5.73 Å². The summed E-state index contributed by atoms with van der Waals surface area (Å²) in [5.74, 6) is 0.652. The zero-order valence-electron chi connectivity index (χ0n) is 12.7. The molecule has 0 amide bonds. The van der Waals surface area contributed by atoms with Gasteiger partial charge in [-0.1, -0.05) is 50.3 Å². The van der Waals surface area contributed by atoms with E-state index in [-0.39, 0.29) is 6.04 Å². The van der Waals surface area contributed by atoms with E-state index in [2.05, 4.69) is 51.7 Å². The molecule has 18 heavy (non-hydrogen) atoms. The van der Waals surface area contributed by atoms with Crippen molar-refractivity contribution in [3.8, 4) is 0 Å². The summed E-state index contributed by atoms with van der Waals surface area (Å²) in [7, 11) is 0. The zero-order valence-corrected chi connectivity index (χ0v) is 12.7. The highest BCUT2D eigenvalue weighted by molar-refractivity contribution is 5.36. The van der Waals surface area contributed by atoms with Crippen LogP contribution in [0.3, 0.4) is 0 Å². The number of rotatable bonds is 7. The van der Waals surface area contributed by atoms with E-state index in [1.807, 2.05) is 13.8 Å². The van der Waals surface area contributed by atoms with E-state index in [4.69, 9.17) is 5.73 Å². The van der Waals surface area contributed by atoms with Gasteiger partial charge < -0.3 is 5.73 Å². The Balaban J connectivity index is 5.12. The summed E-state index contributed by atoms with van der Waals surface area (Å²) in [5, 5.41) is 0. The van der Waals surface area contributed by atoms with Crippen molar-refractivity contribution in [3.05, 3.63) is 47.6 Å². The predicted octanol–water partition coefficient (Wildman–Crippen LogP) is 4.77. The molecule has 0 aromatic rings. The first kappa shape index (κ1) is 16.9. The van der Waals surface area contributed by atoms with Gasteiger partial charge >= 0.3 is 0 Å². The van der Waals surface area contributed by atoms with Gasteiger partial charge in [0.2, 0.25) is 0 Å². The second kappa shape index (κ2) is 8.93. The molecule has 0 saturated carbocycles. The molecule has 1 heteroatoms. The maximum atomic E-state index is 5.89. The maximum absolute atomic E-state index is 5.89. The monoisotopic (exact) mass is 247 g/mol. The normalized spacial score (nSPS) is 15.5. The molecule has 1 atom stereocenters. The Kier molecular flexibility index (Phi) is 8.40. The smallest absolute Gasteiger partial charge is 0.00510 e. The maximum Gasteiger partial charge on any atom is 0.00510 e. The lowest BCUT2D eigenvalue weighted by Gasteiger charge is -2.13. The lowest BCUT2D eigenvalue weighted by molar-refractivity contribution is 0.648. The molecule has 0 aliphatic carbocycles. The van der Waals surface area contributed by atoms with Crippen LogP contribution in [0.1, 0.15) is 47.5 Å². The number of hydrogen-bond acceptors (Lipinski definition) is 1. The van der Waals surface area contributed by atoms with Gasteiger partial charge in [-0.25, -0.2) is 0 Å². The predicted molar refractivity (Wildman–Crippen MR) is 83.5 cm³/mol. The molecule has 0 aromatic heterocycles. The van der Waals surface area contributed by atoms with Crippen LogP contribution in [-0.2, 0) is 0 Å². The summed E-state index contributed by atoms with van der Waals surface area (Å²) in [6, 6.07) is 0.176. The second-order valence-electron chi connectivity index (χ2n) is 5.50. The zero-order chi connectivity index (χ0) is 14.1. The molecule has 0 aliphatic heterocycles. The molecule has 0 saturated heterocycles. The minimum absolute atomic E-state index is 0.176. The van der Waals surface area contributed by atoms with Gasteiger partial charge in [-0.05, 0) is 50.7 Å². The third kappa shape index (κ3) is 8.08. The van der Waals surface area contributed by atoms with Gasteiger partial charge in [0, 0.05) is 6.04 Å². The fourth-order valence-corrected chi connectivity index (χ4v) is 1.79. The summed E-state index contributed by atoms with van der Waals surface area (Å²) in [5.41, 5.74) is 9.62. The fourth-order valence-electron chi connectivity index (χ4n) is 1.79. The molecule has 0 fully saturated rings. The van der Waals surface area contributed by atoms with Crippen molar-refractivity contribution >= 4 is 0 Å². The Morgan fingerprint density at radius 3 is 2.22 bits per heavy atom. The fraction of sp³-hybridized carbons (Fsp3) is 0.529. The van der Waals surface area contributed by atoms with Crippen molar-refractivity contribution < 1.29 is 0 Å². The minimum atomic E-state index is 0.176. The molecule has 0 aromatic carbocycles. The highest BCUT2D eigenvalue weighted by Gasteiger charge is 2.05. The average Bonchev–Trinajstić information content (AvgIpc) is 2.23. The second-order valence-corrected chi connectivity index (χ2v) is 5.50. The Hall–Kier alpha value is -1.08. The van der Waals surface area contributed by atoms with Crippen LogP contribution in [0, 0.1) is 5.92 Å². The van der Waals surface area contributed by atoms with E-state index in [9.17, 15) is 0 Å². The van der Waals surface area contributed by atoms with Gasteiger partial charge in [0.15, 0.2) is 0 Å². The van der Waals surface area contributed by atoms with E-state index in [0.717, 1.165) is 18.4 Å². The first-order chi connectivity index (χ1) is 8.36. The van der Waals surface area contributed by atoms with Crippen LogP contribution >= 0.6 is 0 Å². The Morgan fingerprint density at radius 2 is 1.83 bits per heavy atom. The summed E-state index contributed by atoms with van der Waals surface area (Å²) in [4.78, 5) is 0. The van der Waals surface area contributed by atoms with Gasteiger partial charge in [-0.2, -0.15) is 0 Å². The van der Waals surface area contributed by atoms with Crippen molar-refractivity contribution in [2.24, 2.45) is 11.7 Å². The molecule has 0 radical (unpaired) electrons. The van der Waals surface area contributed by atoms with E-state index < -0.39 is 0 Å². The Morgan fingerprint density at radius 1 is 1.22 bits per heavy atom. The molecular weight excluding hydrogens is 218 g/mol. The van der Waals surface area contributed by atoms with Crippen molar-refractivity contribution in [1.29, 1.82) is 0 Å². The van der Waals surface area contributed by atoms with Gasteiger partial charge in [0.25, 0.3) is 0 Å². The number of allylic oxidation sites excluding steroid dienone is 6. The van der Waals surface area contributed by atoms with Crippen LogP contribution in [0.5, 0.6) is 0 Å². The van der Waals surface area contributed by atoms with Gasteiger partial charge in [0.1, 0.15) is 0 Å². The molecule has 1 unspecified atom stereocenters. The van der Waals surface area contributed by atoms with E-state index >= 15 is 0 Å². The standard InChI is InChI=1S/C17H29N/c1-7-8-9-16(10-13(2)3)12-17(14(4)5)11-15(6)18/h7-9,12-13,15H,4,10-11,18H2,1-3,5-6H3/b8-7+,16-9-,17-12-. The van der Waals surface area contributed by atoms with Crippen molar-refractivity contribution in [3.63, 3.8) is 0 Å². The Bertz CT molecular complexity index is 341. The molecule has 0 spiro atoms. The van der Waals surface area contributed by atoms with E-state index in [1.54, 1.807) is 0 Å². The van der Waals surface area contributed by atoms with Crippen molar-refractivity contribution in [2.45, 2.75) is 53.5 Å². The highest BCUT2D eigenvalue weighted by Crippen LogP contribution is 2.20. The third-order valence-corrected chi connectivity index (χ3v) is 2.60. The number of hydrogen-bond donors (Lipinski definition) is 1. The summed E-state index contributed by atoms with van der Waals surface area (Å²) in [6.45, 7) is 14.7. The van der Waals surface area contributed by atoms with E-state index in [0.29, 0.717) is 5.92 Å². The molecular formula is C17H29N. The van der Waals surface area contributed by atoms with Crippen LogP contribution in [0.25, 0.3) is 0 Å². The van der Waals surface area contributed by atoms with Crippen molar-refractivity contribution in [2.75, 3.05) is 0 Å².